The Balaban J connectivity index is -0.00000288. The van der Waals surface area contributed by atoms with E-state index in [1.807, 2.05) is 20.8 Å². The van der Waals surface area contributed by atoms with E-state index in [-0.39, 0.29) is 33.9 Å². The molecule has 0 bridgehead atoms. The molecular formula is C18H41FN2O4. The van der Waals surface area contributed by atoms with Gasteiger partial charge in [0, 0.05) is 15.3 Å². The molecule has 6 nitrogen and oxygen atoms in total. The molecule has 0 saturated carbocycles. The van der Waals surface area contributed by atoms with E-state index in [1.54, 1.807) is 0 Å². The van der Waals surface area contributed by atoms with E-state index < -0.39 is 6.17 Å². The summed E-state index contributed by atoms with van der Waals surface area (Å²) in [5.74, 6) is -0.122. The zero-order valence-corrected chi connectivity index (χ0v) is 16.3. The van der Waals surface area contributed by atoms with Crippen molar-refractivity contribution in [2.75, 3.05) is 52.7 Å². The van der Waals surface area contributed by atoms with Crippen molar-refractivity contribution in [2.45, 2.75) is 52.8 Å². The largest absolute Gasteiger partial charge is 0.377 e. The summed E-state index contributed by atoms with van der Waals surface area (Å²) < 4.78 is 29.8. The van der Waals surface area contributed by atoms with Crippen molar-refractivity contribution in [3.63, 3.8) is 0 Å². The Labute approximate surface area is 155 Å². The zero-order valence-electron chi connectivity index (χ0n) is 16.3. The van der Waals surface area contributed by atoms with Crippen molar-refractivity contribution in [3.8, 4) is 0 Å². The minimum Gasteiger partial charge on any atom is -0.377 e. The summed E-state index contributed by atoms with van der Waals surface area (Å²) >= 11 is 0. The van der Waals surface area contributed by atoms with Gasteiger partial charge in [0.05, 0.1) is 45.7 Å². The number of ether oxygens (including phenoxy) is 3. The number of likely N-dealkylation sites (N-methyl/N-ethyl adjacent to an activating group) is 1. The van der Waals surface area contributed by atoms with Crippen molar-refractivity contribution < 1.29 is 26.2 Å². The van der Waals surface area contributed by atoms with Crippen molar-refractivity contribution in [2.24, 2.45) is 5.92 Å². The quantitative estimate of drug-likeness (QED) is 0.386. The van der Waals surface area contributed by atoms with Crippen LogP contribution in [-0.4, -0.2) is 70.9 Å². The van der Waals surface area contributed by atoms with Crippen molar-refractivity contribution >= 4 is 5.91 Å². The lowest BCUT2D eigenvalue weighted by atomic mass is 10.0. The number of halogens is 1. The molecule has 0 aromatic rings. The second kappa shape index (κ2) is 16.7. The van der Waals surface area contributed by atoms with E-state index in [4.69, 9.17) is 14.2 Å². The maximum Gasteiger partial charge on any atom is 0.223 e. The summed E-state index contributed by atoms with van der Waals surface area (Å²) in [6.07, 6.45) is 0.492. The fourth-order valence-corrected chi connectivity index (χ4v) is 2.22. The maximum absolute atomic E-state index is 13.6. The van der Waals surface area contributed by atoms with Gasteiger partial charge in [0.25, 0.3) is 0 Å². The number of alkyl halides is 1. The number of carbonyl (C=O) groups is 1. The van der Waals surface area contributed by atoms with Crippen molar-refractivity contribution in [1.29, 1.82) is 0 Å². The molecule has 2 atom stereocenters. The summed E-state index contributed by atoms with van der Waals surface area (Å²) in [6.45, 7) is 11.4. The fourth-order valence-electron chi connectivity index (χ4n) is 2.22. The van der Waals surface area contributed by atoms with Crippen molar-refractivity contribution in [3.05, 3.63) is 0 Å². The minimum absolute atomic E-state index is 0. The molecule has 154 valence electrons. The van der Waals surface area contributed by atoms with Gasteiger partial charge in [0.1, 0.15) is 6.17 Å². The molecule has 25 heavy (non-hydrogen) atoms. The highest BCUT2D eigenvalue weighted by Crippen LogP contribution is 2.07. The van der Waals surface area contributed by atoms with Crippen LogP contribution in [0.1, 0.15) is 43.4 Å². The second-order valence-corrected chi connectivity index (χ2v) is 6.03. The summed E-state index contributed by atoms with van der Waals surface area (Å²) in [5.41, 5.74) is 0. The highest BCUT2D eigenvalue weighted by atomic mass is 19.1. The predicted molar refractivity (Wildman–Crippen MR) is 102 cm³/mol. The van der Waals surface area contributed by atoms with Crippen LogP contribution in [0.2, 0.25) is 0 Å². The van der Waals surface area contributed by atoms with Crippen LogP contribution in [0.5, 0.6) is 0 Å². The molecule has 0 rings (SSSR count). The molecule has 0 fully saturated rings. The molecule has 0 radical (unpaired) electrons. The third kappa shape index (κ3) is 14.1. The van der Waals surface area contributed by atoms with Crippen molar-refractivity contribution in [1.82, 2.24) is 10.6 Å². The Bertz CT molecular complexity index is 328. The van der Waals surface area contributed by atoms with Gasteiger partial charge in [0.2, 0.25) is 5.91 Å². The topological polar surface area (TPSA) is 68.8 Å². The summed E-state index contributed by atoms with van der Waals surface area (Å²) in [5, 5.41) is 5.84. The Morgan fingerprint density at radius 2 is 1.68 bits per heavy atom. The van der Waals surface area contributed by atoms with Gasteiger partial charge in [-0.05, 0) is 26.3 Å². The van der Waals surface area contributed by atoms with Crippen LogP contribution in [0.3, 0.4) is 0 Å². The van der Waals surface area contributed by atoms with Gasteiger partial charge in [-0.3, -0.25) is 4.79 Å². The van der Waals surface area contributed by atoms with E-state index in [0.29, 0.717) is 26.4 Å². The molecule has 0 saturated heterocycles. The van der Waals surface area contributed by atoms with Crippen LogP contribution in [0, 0.1) is 5.92 Å². The van der Waals surface area contributed by atoms with E-state index in [2.05, 4.69) is 17.6 Å². The molecule has 0 spiro atoms. The van der Waals surface area contributed by atoms with E-state index in [1.165, 1.54) is 0 Å². The first kappa shape index (κ1) is 24.2. The number of hydrogen-bond acceptors (Lipinski definition) is 5. The summed E-state index contributed by atoms with van der Waals surface area (Å²) in [7, 11) is 0. The van der Waals surface area contributed by atoms with Gasteiger partial charge >= 0.3 is 0 Å². The monoisotopic (exact) mass is 368 g/mol. The molecule has 0 aromatic heterocycles. The first-order valence-corrected chi connectivity index (χ1v) is 9.44. The maximum atomic E-state index is 13.6. The van der Waals surface area contributed by atoms with Crippen LogP contribution in [0.25, 0.3) is 0 Å². The summed E-state index contributed by atoms with van der Waals surface area (Å²) in [6, 6.07) is 0. The van der Waals surface area contributed by atoms with Gasteiger partial charge < -0.3 is 24.8 Å². The fraction of sp³-hybridized carbons (Fsp3) is 0.944. The lowest BCUT2D eigenvalue weighted by molar-refractivity contribution is -0.125. The number of amides is 1. The first-order chi connectivity index (χ1) is 12.0. The van der Waals surface area contributed by atoms with Crippen LogP contribution in [0.4, 0.5) is 4.39 Å². The number of rotatable bonds is 17. The molecule has 0 aliphatic heterocycles. The number of hydrogen-bond donors (Lipinski definition) is 2. The molecule has 0 heterocycles. The average molecular weight is 369 g/mol. The molecule has 1 amide bonds. The predicted octanol–water partition coefficient (Wildman–Crippen LogP) is 2.42. The molecule has 2 unspecified atom stereocenters. The van der Waals surface area contributed by atoms with Crippen LogP contribution >= 0.6 is 0 Å². The van der Waals surface area contributed by atoms with Gasteiger partial charge in [-0.2, -0.15) is 0 Å². The van der Waals surface area contributed by atoms with E-state index in [9.17, 15) is 9.18 Å². The van der Waals surface area contributed by atoms with Crippen LogP contribution in [-0.2, 0) is 19.0 Å². The Hall–Kier alpha value is -0.760. The smallest absolute Gasteiger partial charge is 0.223 e. The number of carbonyl (C=O) groups excluding carboxylic acids is 1. The van der Waals surface area contributed by atoms with Crippen LogP contribution in [0.15, 0.2) is 0 Å². The lowest BCUT2D eigenvalue weighted by Crippen LogP contribution is -2.36. The first-order valence-electron chi connectivity index (χ1n) is 9.44. The minimum atomic E-state index is -1.20. The molecule has 0 aliphatic rings. The summed E-state index contributed by atoms with van der Waals surface area (Å²) in [4.78, 5) is 11.7. The molecule has 7 heteroatoms. The lowest BCUT2D eigenvalue weighted by Gasteiger charge is -2.15. The highest BCUT2D eigenvalue weighted by molar-refractivity contribution is 5.78. The third-order valence-corrected chi connectivity index (χ3v) is 3.84. The van der Waals surface area contributed by atoms with Crippen LogP contribution < -0.4 is 10.6 Å². The zero-order chi connectivity index (χ0) is 18.9. The van der Waals surface area contributed by atoms with Gasteiger partial charge in [0.15, 0.2) is 0 Å². The van der Waals surface area contributed by atoms with E-state index in [0.717, 1.165) is 25.9 Å². The van der Waals surface area contributed by atoms with Gasteiger partial charge in [-0.15, -0.1) is 0 Å². The number of nitrogens with one attached hydrogen (secondary N) is 2. The molecule has 2 N–H and O–H groups in total. The Kier molecular flexibility index (Phi) is 16.2. The Morgan fingerprint density at radius 1 is 1.04 bits per heavy atom. The highest BCUT2D eigenvalue weighted by Gasteiger charge is 2.15. The standard InChI is InChI=1S/C18H37FN2O4.2H2/c1-5-16(6-2)18(22)21-13-17(19)14-24-9-8-23-10-11-25-15(4)12-20-7-3;;/h15-17,20H,5-14H2,1-4H3,(H,21,22);2*1H. The van der Waals surface area contributed by atoms with Gasteiger partial charge in [-0.25, -0.2) is 4.39 Å². The molecule has 0 aliphatic carbocycles. The normalized spacial score (nSPS) is 13.8. The molecule has 0 aromatic carbocycles. The SMILES string of the molecule is CCNCC(C)OCCOCCOCC(F)CNC(=O)C(CC)CC.[HH].[HH]. The second-order valence-electron chi connectivity index (χ2n) is 6.03. The molecular weight excluding hydrogens is 327 g/mol. The Morgan fingerprint density at radius 3 is 2.32 bits per heavy atom. The third-order valence-electron chi connectivity index (χ3n) is 3.84. The van der Waals surface area contributed by atoms with E-state index >= 15 is 0 Å². The average Bonchev–Trinajstić information content (AvgIpc) is 2.61. The van der Waals surface area contributed by atoms with Gasteiger partial charge in [-0.1, -0.05) is 20.8 Å².